The summed E-state index contributed by atoms with van der Waals surface area (Å²) in [7, 11) is 0. The molecule has 4 nitrogen and oxygen atoms in total. The summed E-state index contributed by atoms with van der Waals surface area (Å²) in [5.74, 6) is 2.81. The molecule has 1 saturated carbocycles. The van der Waals surface area contributed by atoms with Crippen molar-refractivity contribution in [2.45, 2.75) is 226 Å². The molecule has 390 valence electrons. The van der Waals surface area contributed by atoms with Crippen molar-refractivity contribution in [3.63, 3.8) is 0 Å². The topological polar surface area (TPSA) is 50.7 Å². The third kappa shape index (κ3) is 26.0. The van der Waals surface area contributed by atoms with Crippen LogP contribution in [-0.4, -0.2) is 25.2 Å². The number of ether oxygens (including phenoxy) is 1. The number of allylic oxidation sites excluding steroid dienone is 8. The first-order valence-corrected chi connectivity index (χ1v) is 27.1. The molecule has 1 aromatic rings. The van der Waals surface area contributed by atoms with Crippen molar-refractivity contribution in [1.29, 1.82) is 0 Å². The fourth-order valence-corrected chi connectivity index (χ4v) is 8.54. The maximum absolute atomic E-state index is 14.4. The zero-order valence-corrected chi connectivity index (χ0v) is 47.5. The molecular formula is C62H106F2N2O2. The lowest BCUT2D eigenvalue weighted by Crippen LogP contribution is -2.39. The van der Waals surface area contributed by atoms with Crippen LogP contribution in [0.5, 0.6) is 0 Å². The van der Waals surface area contributed by atoms with E-state index in [0.29, 0.717) is 17.2 Å². The number of aliphatic imine (C=N–C) groups is 1. The Kier molecular flexibility index (Phi) is 37.6. The largest absolute Gasteiger partial charge is 0.381 e. The van der Waals surface area contributed by atoms with Gasteiger partial charge in [0.15, 0.2) is 11.7 Å². The van der Waals surface area contributed by atoms with Crippen LogP contribution in [0.15, 0.2) is 88.9 Å². The molecule has 2 aliphatic rings. The van der Waals surface area contributed by atoms with Gasteiger partial charge in [-0.1, -0.05) is 199 Å². The predicted molar refractivity (Wildman–Crippen MR) is 299 cm³/mol. The SMILES string of the molecule is C=C(F)/C(F)=C(\C=C/C)N/C(C)=C(C)/C(=C\C(=C)c1ccc(C(CCC)(CCC)C(=O)C(C)C)c(C)c1)N=CCC.CC(C)C.CCC(C)C1COC1.CCCC1CC(C)C1.CCCCCCC. The standard InChI is InChI=1S/C36H50F2N2O.C8H16.C7H14O.C7H16.C4H10/c1-12-16-32(34(38)28(10)37)40-29(11)27(9)33(39-21-15-4)23-25(7)30-17-18-31(26(8)22-30)36(19-13-2,20-14-3)35(41)24(5)6;1-3-4-8-5-7(2)6-8;1-3-6(2)7-4-8-5-7;1-3-5-7-6-4-2;1-4(2)3/h12,16-18,21-24,40H,7,10,13-15,19-20H2,1-6,8-9,11H3;7-8H,3-6H2,1-2H3;6-7H,3-5H2,1-2H3;3-7H2,1-2H3;4H,1-3H3/b16-12-,29-27+,33-23+,34-32-,39-21?;;;;. The molecule has 68 heavy (non-hydrogen) atoms. The summed E-state index contributed by atoms with van der Waals surface area (Å²) < 4.78 is 33.0. The number of Topliss-reactive ketones (excluding diaryl/α,β-unsaturated/α-hetero) is 1. The Morgan fingerprint density at radius 3 is 1.81 bits per heavy atom. The summed E-state index contributed by atoms with van der Waals surface area (Å²) in [6.45, 7) is 47.3. The van der Waals surface area contributed by atoms with E-state index < -0.39 is 17.1 Å². The van der Waals surface area contributed by atoms with Crippen LogP contribution < -0.4 is 5.32 Å². The van der Waals surface area contributed by atoms with Crippen LogP contribution in [0.2, 0.25) is 0 Å². The minimum absolute atomic E-state index is 0.0145. The second-order valence-electron chi connectivity index (χ2n) is 20.6. The Bertz CT molecular complexity index is 1700. The van der Waals surface area contributed by atoms with E-state index in [1.165, 1.54) is 70.3 Å². The van der Waals surface area contributed by atoms with Crippen molar-refractivity contribution < 1.29 is 18.3 Å². The molecule has 6 heteroatoms. The van der Waals surface area contributed by atoms with E-state index in [1.54, 1.807) is 26.1 Å². The summed E-state index contributed by atoms with van der Waals surface area (Å²) in [6.07, 6.45) is 25.2. The van der Waals surface area contributed by atoms with Gasteiger partial charge < -0.3 is 10.1 Å². The van der Waals surface area contributed by atoms with Crippen LogP contribution in [0.3, 0.4) is 0 Å². The quantitative estimate of drug-likeness (QED) is 0.0638. The predicted octanol–water partition coefficient (Wildman–Crippen LogP) is 19.7. The molecule has 3 rings (SSSR count). The number of rotatable bonds is 24. The first-order chi connectivity index (χ1) is 32.1. The number of nitrogens with one attached hydrogen (secondary N) is 1. The van der Waals surface area contributed by atoms with Crippen molar-refractivity contribution in [1.82, 2.24) is 5.32 Å². The number of aryl methyl sites for hydroxylation is 1. The fraction of sp³-hybridized carbons (Fsp3) is 0.677. The molecule has 1 unspecified atom stereocenters. The molecule has 0 aromatic heterocycles. The lowest BCUT2D eigenvalue weighted by Gasteiger charge is -2.36. The molecule has 1 aromatic carbocycles. The maximum atomic E-state index is 14.4. The van der Waals surface area contributed by atoms with Crippen LogP contribution in [0.4, 0.5) is 8.78 Å². The molecule has 1 heterocycles. The van der Waals surface area contributed by atoms with Gasteiger partial charge >= 0.3 is 0 Å². The molecule has 0 bridgehead atoms. The molecule has 1 N–H and O–H groups in total. The monoisotopic (exact) mass is 949 g/mol. The van der Waals surface area contributed by atoms with Gasteiger partial charge in [0.25, 0.3) is 0 Å². The van der Waals surface area contributed by atoms with E-state index in [9.17, 15) is 13.6 Å². The zero-order valence-electron chi connectivity index (χ0n) is 47.5. The summed E-state index contributed by atoms with van der Waals surface area (Å²) in [4.78, 5) is 18.2. The summed E-state index contributed by atoms with van der Waals surface area (Å²) in [5.41, 5.74) is 5.38. The molecule has 1 saturated heterocycles. The molecule has 1 atom stereocenters. The number of carbonyl (C=O) groups excluding carboxylic acids is 1. The van der Waals surface area contributed by atoms with Crippen LogP contribution in [0.1, 0.15) is 231 Å². The van der Waals surface area contributed by atoms with Gasteiger partial charge in [-0.3, -0.25) is 9.79 Å². The minimum Gasteiger partial charge on any atom is -0.381 e. The average molecular weight is 950 g/mol. The van der Waals surface area contributed by atoms with Crippen molar-refractivity contribution in [2.24, 2.45) is 40.5 Å². The number of ketones is 1. The first kappa shape index (κ1) is 66.7. The van der Waals surface area contributed by atoms with Gasteiger partial charge in [-0.25, -0.2) is 8.78 Å². The normalized spacial score (nSPS) is 17.2. The Labute approximate surface area is 420 Å². The first-order valence-electron chi connectivity index (χ1n) is 27.1. The van der Waals surface area contributed by atoms with E-state index in [1.807, 2.05) is 39.8 Å². The van der Waals surface area contributed by atoms with E-state index in [4.69, 9.17) is 4.74 Å². The second kappa shape index (κ2) is 38.4. The van der Waals surface area contributed by atoms with Gasteiger partial charge in [0.2, 0.25) is 0 Å². The van der Waals surface area contributed by atoms with Gasteiger partial charge in [-0.2, -0.15) is 0 Å². The molecule has 1 aliphatic heterocycles. The van der Waals surface area contributed by atoms with Crippen molar-refractivity contribution in [2.75, 3.05) is 13.2 Å². The van der Waals surface area contributed by atoms with Gasteiger partial charge in [0.1, 0.15) is 5.78 Å². The smallest absolute Gasteiger partial charge is 0.181 e. The van der Waals surface area contributed by atoms with Crippen LogP contribution in [0.25, 0.3) is 5.57 Å². The Morgan fingerprint density at radius 2 is 1.44 bits per heavy atom. The number of halogens is 2. The highest BCUT2D eigenvalue weighted by Gasteiger charge is 2.40. The molecule has 1 aliphatic carbocycles. The summed E-state index contributed by atoms with van der Waals surface area (Å²) in [5, 5.41) is 2.97. The zero-order chi connectivity index (χ0) is 52.4. The number of hydrogen-bond acceptors (Lipinski definition) is 4. The lowest BCUT2D eigenvalue weighted by atomic mass is 9.66. The Morgan fingerprint density at radius 1 is 0.882 bits per heavy atom. The van der Waals surface area contributed by atoms with Crippen molar-refractivity contribution in [3.05, 3.63) is 101 Å². The maximum Gasteiger partial charge on any atom is 0.181 e. The third-order valence-electron chi connectivity index (χ3n) is 12.8. The highest BCUT2D eigenvalue weighted by molar-refractivity contribution is 5.92. The molecule has 2 fully saturated rings. The number of hydrogen-bond donors (Lipinski definition) is 1. The highest BCUT2D eigenvalue weighted by atomic mass is 19.2. The molecular weight excluding hydrogens is 843 g/mol. The van der Waals surface area contributed by atoms with E-state index >= 15 is 0 Å². The van der Waals surface area contributed by atoms with E-state index in [2.05, 4.69) is 119 Å². The number of unbranched alkanes of at least 4 members (excludes halogenated alkanes) is 4. The third-order valence-corrected chi connectivity index (χ3v) is 12.8. The average Bonchev–Trinajstić information content (AvgIpc) is 3.26. The van der Waals surface area contributed by atoms with Crippen molar-refractivity contribution in [3.8, 4) is 0 Å². The van der Waals surface area contributed by atoms with Crippen LogP contribution in [-0.2, 0) is 14.9 Å². The van der Waals surface area contributed by atoms with Crippen LogP contribution in [0, 0.1) is 42.4 Å². The molecule has 0 spiro atoms. The van der Waals surface area contributed by atoms with E-state index in [-0.39, 0.29) is 11.6 Å². The molecule has 0 amide bonds. The lowest BCUT2D eigenvalue weighted by molar-refractivity contribution is -0.128. The van der Waals surface area contributed by atoms with Gasteiger partial charge in [-0.05, 0) is 123 Å². The Balaban J connectivity index is 0. The summed E-state index contributed by atoms with van der Waals surface area (Å²) in [6, 6.07) is 6.23. The van der Waals surface area contributed by atoms with Gasteiger partial charge in [-0.15, -0.1) is 0 Å². The van der Waals surface area contributed by atoms with Gasteiger partial charge in [0.05, 0.1) is 30.0 Å². The highest BCUT2D eigenvalue weighted by Crippen LogP contribution is 2.40. The number of nitrogens with zero attached hydrogens (tertiary/aromatic N) is 1. The molecule has 0 radical (unpaired) electrons. The number of carbonyl (C=O) groups is 1. The minimum atomic E-state index is -1.14. The van der Waals surface area contributed by atoms with E-state index in [0.717, 1.165) is 103 Å². The number of benzene rings is 1. The van der Waals surface area contributed by atoms with Crippen molar-refractivity contribution >= 4 is 17.6 Å². The fourth-order valence-electron chi connectivity index (χ4n) is 8.54. The van der Waals surface area contributed by atoms with Gasteiger partial charge in [0, 0.05) is 23.7 Å². The summed E-state index contributed by atoms with van der Waals surface area (Å²) >= 11 is 0. The second-order valence-corrected chi connectivity index (χ2v) is 20.6. The van der Waals surface area contributed by atoms with Crippen LogP contribution >= 0.6 is 0 Å². The Hall–Kier alpha value is -3.38.